The van der Waals surface area contributed by atoms with Gasteiger partial charge in [-0.05, 0) is 24.3 Å². The monoisotopic (exact) mass is 406 g/mol. The van der Waals surface area contributed by atoms with E-state index >= 15 is 0 Å². The van der Waals surface area contributed by atoms with E-state index in [9.17, 15) is 4.39 Å². The van der Waals surface area contributed by atoms with Crippen LogP contribution in [-0.2, 0) is 14.1 Å². The molecule has 0 unspecified atom stereocenters. The first-order chi connectivity index (χ1) is 12.1. The van der Waals surface area contributed by atoms with Gasteiger partial charge in [0.1, 0.15) is 17.6 Å². The van der Waals surface area contributed by atoms with Crippen LogP contribution in [-0.4, -0.2) is 4.57 Å². The highest BCUT2D eigenvalue weighted by atomic mass is 35.5. The van der Waals surface area contributed by atoms with Crippen LogP contribution in [0.3, 0.4) is 0 Å². The molecule has 8 heteroatoms. The van der Waals surface area contributed by atoms with E-state index in [0.29, 0.717) is 0 Å². The van der Waals surface area contributed by atoms with Crippen LogP contribution in [0.4, 0.5) is 4.39 Å². The minimum atomic E-state index is -0.221. The third-order valence-electron chi connectivity index (χ3n) is 4.00. The SMILES string of the molecule is Cn1/c(=N\N/C=C/c2sc3ccc(F)cc3[n+]2C)sc2ccccc21.[Cl-]. The molecular weight excluding hydrogens is 391 g/mol. The second-order valence-electron chi connectivity index (χ2n) is 5.60. The predicted octanol–water partition coefficient (Wildman–Crippen LogP) is 0.498. The van der Waals surface area contributed by atoms with Gasteiger partial charge in [-0.3, -0.25) is 5.43 Å². The predicted molar refractivity (Wildman–Crippen MR) is 101 cm³/mol. The molecule has 2 aromatic carbocycles. The van der Waals surface area contributed by atoms with Crippen molar-refractivity contribution in [3.8, 4) is 0 Å². The Hall–Kier alpha value is -2.22. The van der Waals surface area contributed by atoms with Crippen molar-refractivity contribution < 1.29 is 21.4 Å². The molecule has 0 atom stereocenters. The fraction of sp³-hybridized carbons (Fsp3) is 0.111. The molecule has 134 valence electrons. The normalized spacial score (nSPS) is 12.2. The van der Waals surface area contributed by atoms with Crippen LogP contribution in [0.25, 0.3) is 26.5 Å². The van der Waals surface area contributed by atoms with Crippen LogP contribution in [0.2, 0.25) is 0 Å². The van der Waals surface area contributed by atoms with Crippen molar-refractivity contribution in [2.45, 2.75) is 0 Å². The van der Waals surface area contributed by atoms with E-state index in [1.807, 2.05) is 42.9 Å². The smallest absolute Gasteiger partial charge is 0.264 e. The van der Waals surface area contributed by atoms with E-state index in [0.717, 1.165) is 25.5 Å². The summed E-state index contributed by atoms with van der Waals surface area (Å²) in [5.41, 5.74) is 5.04. The maximum Gasteiger partial charge on any atom is 0.264 e. The first-order valence-electron chi connectivity index (χ1n) is 7.72. The second-order valence-corrected chi connectivity index (χ2v) is 7.67. The van der Waals surface area contributed by atoms with Crippen molar-refractivity contribution >= 4 is 49.2 Å². The number of nitrogens with zero attached hydrogens (tertiary/aromatic N) is 3. The van der Waals surface area contributed by atoms with Gasteiger partial charge in [-0.25, -0.2) is 4.39 Å². The molecule has 1 N–H and O–H groups in total. The maximum atomic E-state index is 13.4. The summed E-state index contributed by atoms with van der Waals surface area (Å²) in [6.07, 6.45) is 3.74. The van der Waals surface area contributed by atoms with E-state index in [1.165, 1.54) is 10.8 Å². The van der Waals surface area contributed by atoms with Gasteiger partial charge in [0.15, 0.2) is 0 Å². The van der Waals surface area contributed by atoms with Gasteiger partial charge in [0.2, 0.25) is 10.3 Å². The number of benzene rings is 2. The van der Waals surface area contributed by atoms with Gasteiger partial charge in [-0.15, -0.1) is 5.10 Å². The molecule has 4 aromatic rings. The van der Waals surface area contributed by atoms with Crippen molar-refractivity contribution in [1.29, 1.82) is 0 Å². The van der Waals surface area contributed by atoms with Gasteiger partial charge >= 0.3 is 0 Å². The Labute approximate surface area is 163 Å². The van der Waals surface area contributed by atoms with Gasteiger partial charge in [0.05, 0.1) is 10.2 Å². The summed E-state index contributed by atoms with van der Waals surface area (Å²) < 4.78 is 19.7. The maximum absolute atomic E-state index is 13.4. The van der Waals surface area contributed by atoms with Gasteiger partial charge in [-0.2, -0.15) is 4.57 Å². The zero-order valence-corrected chi connectivity index (χ0v) is 16.5. The minimum Gasteiger partial charge on any atom is -1.00 e. The average molecular weight is 407 g/mol. The summed E-state index contributed by atoms with van der Waals surface area (Å²) in [5, 5.41) is 5.45. The van der Waals surface area contributed by atoms with Crippen molar-refractivity contribution in [3.05, 3.63) is 64.3 Å². The number of rotatable bonds is 3. The molecule has 0 amide bonds. The fourth-order valence-corrected chi connectivity index (χ4v) is 4.69. The Morgan fingerprint density at radius 3 is 2.77 bits per heavy atom. The highest BCUT2D eigenvalue weighted by molar-refractivity contribution is 7.18. The first kappa shape index (κ1) is 18.6. The average Bonchev–Trinajstić information content (AvgIpc) is 3.10. The largest absolute Gasteiger partial charge is 1.00 e. The first-order valence-corrected chi connectivity index (χ1v) is 9.35. The van der Waals surface area contributed by atoms with Crippen LogP contribution < -0.4 is 27.2 Å². The van der Waals surface area contributed by atoms with Gasteiger partial charge in [-0.1, -0.05) is 34.8 Å². The molecular formula is C18H16ClFN4S2. The Morgan fingerprint density at radius 2 is 1.96 bits per heavy atom. The van der Waals surface area contributed by atoms with Crippen molar-refractivity contribution in [3.63, 3.8) is 0 Å². The molecule has 0 saturated carbocycles. The number of hydrogen-bond donors (Lipinski definition) is 1. The summed E-state index contributed by atoms with van der Waals surface area (Å²) in [6.45, 7) is 0. The van der Waals surface area contributed by atoms with E-state index in [2.05, 4.69) is 27.2 Å². The van der Waals surface area contributed by atoms with Gasteiger partial charge in [0, 0.05) is 25.4 Å². The molecule has 0 aliphatic rings. The summed E-state index contributed by atoms with van der Waals surface area (Å²) >= 11 is 3.25. The molecule has 0 aliphatic heterocycles. The summed E-state index contributed by atoms with van der Waals surface area (Å²) in [4.78, 5) is 0.897. The molecule has 26 heavy (non-hydrogen) atoms. The van der Waals surface area contributed by atoms with Crippen molar-refractivity contribution in [1.82, 2.24) is 9.99 Å². The number of aromatic nitrogens is 2. The Bertz CT molecular complexity index is 1170. The lowest BCUT2D eigenvalue weighted by Crippen LogP contribution is -3.00. The van der Waals surface area contributed by atoms with Crippen LogP contribution in [0, 0.1) is 5.82 Å². The lowest BCUT2D eigenvalue weighted by molar-refractivity contribution is -0.642. The Balaban J connectivity index is 0.00000196. The standard InChI is InChI=1S/C18H15FN4S2.ClH/c1-22-14-11-12(19)7-8-16(14)24-17(22)9-10-20-21-18-23(2)13-5-3-4-6-15(13)25-18;/h3-11H,1-2H3;1H/b21-18+;. The topological polar surface area (TPSA) is 33.2 Å². The number of thiazole rings is 2. The van der Waals surface area contributed by atoms with E-state index < -0.39 is 0 Å². The summed E-state index contributed by atoms with van der Waals surface area (Å²) in [5.74, 6) is -0.221. The number of para-hydroxylation sites is 1. The molecule has 0 fully saturated rings. The molecule has 0 spiro atoms. The van der Waals surface area contributed by atoms with E-state index in [1.54, 1.807) is 34.9 Å². The Kier molecular flexibility index (Phi) is 5.41. The third kappa shape index (κ3) is 3.38. The van der Waals surface area contributed by atoms with Crippen LogP contribution >= 0.6 is 22.7 Å². The third-order valence-corrected chi connectivity index (χ3v) is 6.30. The Morgan fingerprint density at radius 1 is 1.15 bits per heavy atom. The number of halogens is 2. The van der Waals surface area contributed by atoms with E-state index in [4.69, 9.17) is 0 Å². The van der Waals surface area contributed by atoms with Crippen LogP contribution in [0.5, 0.6) is 0 Å². The fourth-order valence-electron chi connectivity index (χ4n) is 2.67. The lowest BCUT2D eigenvalue weighted by atomic mass is 10.3. The zero-order chi connectivity index (χ0) is 17.4. The number of nitrogens with one attached hydrogen (secondary N) is 1. The zero-order valence-electron chi connectivity index (χ0n) is 14.1. The lowest BCUT2D eigenvalue weighted by Gasteiger charge is -1.93. The highest BCUT2D eigenvalue weighted by Gasteiger charge is 2.14. The van der Waals surface area contributed by atoms with E-state index in [-0.39, 0.29) is 18.2 Å². The molecule has 2 heterocycles. The van der Waals surface area contributed by atoms with Crippen LogP contribution in [0.1, 0.15) is 5.01 Å². The molecule has 2 aromatic heterocycles. The second kappa shape index (κ2) is 7.57. The van der Waals surface area contributed by atoms with Crippen molar-refractivity contribution in [2.75, 3.05) is 0 Å². The number of aryl methyl sites for hydroxylation is 2. The minimum absolute atomic E-state index is 0. The summed E-state index contributed by atoms with van der Waals surface area (Å²) in [6, 6.07) is 13.1. The molecule has 0 aliphatic carbocycles. The molecule has 0 bridgehead atoms. The van der Waals surface area contributed by atoms with Gasteiger partial charge in [0.25, 0.3) is 5.01 Å². The van der Waals surface area contributed by atoms with Crippen LogP contribution in [0.15, 0.2) is 53.8 Å². The molecule has 4 rings (SSSR count). The molecule has 0 saturated heterocycles. The molecule has 0 radical (unpaired) electrons. The van der Waals surface area contributed by atoms with Gasteiger partial charge < -0.3 is 17.0 Å². The molecule has 4 nitrogen and oxygen atoms in total. The summed E-state index contributed by atoms with van der Waals surface area (Å²) in [7, 11) is 3.94. The van der Waals surface area contributed by atoms with Crippen molar-refractivity contribution in [2.24, 2.45) is 19.2 Å². The highest BCUT2D eigenvalue weighted by Crippen LogP contribution is 2.21. The quantitative estimate of drug-likeness (QED) is 0.390. The number of hydrogen-bond acceptors (Lipinski definition) is 4. The number of fused-ring (bicyclic) bond motifs is 2.